The number of nitrogens with one attached hydrogen (secondary N) is 1. The number of carboxylic acid groups (broad SMARTS) is 1. The second-order valence-corrected chi connectivity index (χ2v) is 3.95. The SMILES string of the molecule is CC(C)(C)OC(=O)O.O=C1CCC(=O)N1. The van der Waals surface area contributed by atoms with Crippen LogP contribution in [0.3, 0.4) is 0 Å². The van der Waals surface area contributed by atoms with Crippen LogP contribution in [0.1, 0.15) is 33.6 Å². The van der Waals surface area contributed by atoms with Crippen molar-refractivity contribution < 1.29 is 24.2 Å². The maximum atomic E-state index is 10.1. The number of imide groups is 1. The standard InChI is InChI=1S/C5H10O3.C4H5NO2/c1-5(2,3)8-4(6)7;6-3-1-2-4(7)5-3/h1-3H3,(H,6,7);1-2H2,(H,5,6,7). The summed E-state index contributed by atoms with van der Waals surface area (Å²) in [5.41, 5.74) is -0.578. The topological polar surface area (TPSA) is 92.7 Å². The van der Waals surface area contributed by atoms with E-state index in [0.29, 0.717) is 12.8 Å². The number of carbonyl (C=O) groups is 3. The highest BCUT2D eigenvalue weighted by Crippen LogP contribution is 2.05. The molecule has 2 amide bonds. The molecule has 0 aromatic heterocycles. The molecule has 1 heterocycles. The van der Waals surface area contributed by atoms with Crippen LogP contribution in [-0.2, 0) is 14.3 Å². The van der Waals surface area contributed by atoms with E-state index in [2.05, 4.69) is 10.1 Å². The lowest BCUT2D eigenvalue weighted by atomic mass is 10.2. The second kappa shape index (κ2) is 5.33. The highest BCUT2D eigenvalue weighted by atomic mass is 16.7. The molecule has 86 valence electrons. The molecule has 1 rings (SSSR count). The Morgan fingerprint density at radius 1 is 1.27 bits per heavy atom. The third-order valence-electron chi connectivity index (χ3n) is 1.25. The first-order chi connectivity index (χ1) is 6.70. The lowest BCUT2D eigenvalue weighted by molar-refractivity contribution is -0.124. The highest BCUT2D eigenvalue weighted by molar-refractivity contribution is 6.01. The number of hydrogen-bond acceptors (Lipinski definition) is 4. The Hall–Kier alpha value is -1.59. The van der Waals surface area contributed by atoms with Gasteiger partial charge in [-0.15, -0.1) is 0 Å². The van der Waals surface area contributed by atoms with Gasteiger partial charge in [0.25, 0.3) is 0 Å². The summed E-state index contributed by atoms with van der Waals surface area (Å²) < 4.78 is 4.35. The van der Waals surface area contributed by atoms with E-state index in [9.17, 15) is 14.4 Å². The molecule has 0 aromatic rings. The Morgan fingerprint density at radius 2 is 1.67 bits per heavy atom. The van der Waals surface area contributed by atoms with E-state index in [1.165, 1.54) is 0 Å². The molecule has 0 radical (unpaired) electrons. The molecule has 2 N–H and O–H groups in total. The first-order valence-electron chi connectivity index (χ1n) is 4.45. The Kier molecular flexibility index (Phi) is 4.77. The first-order valence-corrected chi connectivity index (χ1v) is 4.45. The summed E-state index contributed by atoms with van der Waals surface area (Å²) in [6.45, 7) is 5.04. The highest BCUT2D eigenvalue weighted by Gasteiger charge is 2.15. The Bertz CT molecular complexity index is 252. The third-order valence-corrected chi connectivity index (χ3v) is 1.25. The van der Waals surface area contributed by atoms with Crippen LogP contribution in [0.2, 0.25) is 0 Å². The van der Waals surface area contributed by atoms with Crippen molar-refractivity contribution in [3.63, 3.8) is 0 Å². The fraction of sp³-hybridized carbons (Fsp3) is 0.667. The van der Waals surface area contributed by atoms with Crippen LogP contribution < -0.4 is 5.32 Å². The van der Waals surface area contributed by atoms with Crippen LogP contribution in [0.15, 0.2) is 0 Å². The summed E-state index contributed by atoms with van der Waals surface area (Å²) in [5, 5.41) is 10.2. The third kappa shape index (κ3) is 8.73. The van der Waals surface area contributed by atoms with Gasteiger partial charge in [0, 0.05) is 12.8 Å². The van der Waals surface area contributed by atoms with E-state index in [1.807, 2.05) is 0 Å². The largest absolute Gasteiger partial charge is 0.506 e. The van der Waals surface area contributed by atoms with E-state index in [4.69, 9.17) is 5.11 Å². The molecule has 1 aliphatic heterocycles. The van der Waals surface area contributed by atoms with Crippen molar-refractivity contribution in [3.05, 3.63) is 0 Å². The molecule has 0 saturated carbocycles. The van der Waals surface area contributed by atoms with Gasteiger partial charge in [0.2, 0.25) is 11.8 Å². The zero-order chi connectivity index (χ0) is 12.1. The van der Waals surface area contributed by atoms with Crippen molar-refractivity contribution in [1.29, 1.82) is 0 Å². The maximum absolute atomic E-state index is 10.1. The lowest BCUT2D eigenvalue weighted by Crippen LogP contribution is -2.22. The zero-order valence-corrected chi connectivity index (χ0v) is 8.99. The van der Waals surface area contributed by atoms with Crippen LogP contribution in [0, 0.1) is 0 Å². The monoisotopic (exact) mass is 217 g/mol. The Morgan fingerprint density at radius 3 is 1.73 bits per heavy atom. The molecular formula is C9H15NO5. The minimum absolute atomic E-state index is 0.148. The van der Waals surface area contributed by atoms with Crippen molar-refractivity contribution in [2.45, 2.75) is 39.2 Å². The molecule has 1 saturated heterocycles. The Balaban J connectivity index is 0.000000262. The van der Waals surface area contributed by atoms with Crippen molar-refractivity contribution in [2.75, 3.05) is 0 Å². The molecule has 0 bridgehead atoms. The molecule has 0 aliphatic carbocycles. The van der Waals surface area contributed by atoms with Gasteiger partial charge in [0.1, 0.15) is 5.60 Å². The van der Waals surface area contributed by atoms with Crippen molar-refractivity contribution >= 4 is 18.0 Å². The van der Waals surface area contributed by atoms with E-state index in [0.717, 1.165) is 0 Å². The minimum Gasteiger partial charge on any atom is -0.450 e. The summed E-state index contributed by atoms with van der Waals surface area (Å²) in [7, 11) is 0. The van der Waals surface area contributed by atoms with Crippen LogP contribution in [0.25, 0.3) is 0 Å². The van der Waals surface area contributed by atoms with Crippen LogP contribution >= 0.6 is 0 Å². The predicted molar refractivity (Wildman–Crippen MR) is 51.2 cm³/mol. The van der Waals surface area contributed by atoms with E-state index in [1.54, 1.807) is 20.8 Å². The van der Waals surface area contributed by atoms with Crippen molar-refractivity contribution in [1.82, 2.24) is 5.32 Å². The summed E-state index contributed by atoms with van der Waals surface area (Å²) >= 11 is 0. The minimum atomic E-state index is -1.22. The van der Waals surface area contributed by atoms with Crippen molar-refractivity contribution in [2.24, 2.45) is 0 Å². The van der Waals surface area contributed by atoms with Gasteiger partial charge in [-0.1, -0.05) is 0 Å². The molecular weight excluding hydrogens is 202 g/mol. The summed E-state index contributed by atoms with van der Waals surface area (Å²) in [4.78, 5) is 30.0. The smallest absolute Gasteiger partial charge is 0.450 e. The predicted octanol–water partition coefficient (Wildman–Crippen LogP) is 0.903. The molecule has 1 aliphatic rings. The molecule has 15 heavy (non-hydrogen) atoms. The molecule has 0 atom stereocenters. The molecule has 0 spiro atoms. The summed E-state index contributed by atoms with van der Waals surface area (Å²) in [6, 6.07) is 0. The van der Waals surface area contributed by atoms with Gasteiger partial charge in [0.05, 0.1) is 0 Å². The number of hydrogen-bond donors (Lipinski definition) is 2. The average molecular weight is 217 g/mol. The first kappa shape index (κ1) is 13.4. The summed E-state index contributed by atoms with van der Waals surface area (Å²) in [5.74, 6) is -0.296. The molecule has 6 heteroatoms. The number of carbonyl (C=O) groups excluding carboxylic acids is 2. The van der Waals surface area contributed by atoms with Crippen LogP contribution in [0.5, 0.6) is 0 Å². The van der Waals surface area contributed by atoms with Gasteiger partial charge in [-0.05, 0) is 20.8 Å². The zero-order valence-electron chi connectivity index (χ0n) is 8.99. The molecule has 0 aromatic carbocycles. The molecule has 1 fully saturated rings. The van der Waals surface area contributed by atoms with Gasteiger partial charge in [0.15, 0.2) is 0 Å². The van der Waals surface area contributed by atoms with Crippen LogP contribution in [-0.4, -0.2) is 28.7 Å². The number of rotatable bonds is 0. The maximum Gasteiger partial charge on any atom is 0.506 e. The molecule has 6 nitrogen and oxygen atoms in total. The van der Waals surface area contributed by atoms with Gasteiger partial charge >= 0.3 is 6.16 Å². The second-order valence-electron chi connectivity index (χ2n) is 3.95. The van der Waals surface area contributed by atoms with Crippen LogP contribution in [0.4, 0.5) is 4.79 Å². The average Bonchev–Trinajstić information content (AvgIpc) is 2.29. The van der Waals surface area contributed by atoms with E-state index in [-0.39, 0.29) is 11.8 Å². The lowest BCUT2D eigenvalue weighted by Gasteiger charge is -2.15. The van der Waals surface area contributed by atoms with Gasteiger partial charge < -0.3 is 9.84 Å². The fourth-order valence-corrected chi connectivity index (χ4v) is 0.769. The van der Waals surface area contributed by atoms with Gasteiger partial charge in [-0.25, -0.2) is 4.79 Å². The number of ether oxygens (including phenoxy) is 1. The van der Waals surface area contributed by atoms with Gasteiger partial charge in [-0.2, -0.15) is 0 Å². The normalized spacial score (nSPS) is 15.1. The Labute approximate surface area is 87.6 Å². The van der Waals surface area contributed by atoms with E-state index < -0.39 is 11.8 Å². The quantitative estimate of drug-likeness (QED) is 0.464. The fourth-order valence-electron chi connectivity index (χ4n) is 0.769. The van der Waals surface area contributed by atoms with Gasteiger partial charge in [-0.3, -0.25) is 14.9 Å². The van der Waals surface area contributed by atoms with Crippen molar-refractivity contribution in [3.8, 4) is 0 Å². The number of amides is 2. The summed E-state index contributed by atoms with van der Waals surface area (Å²) in [6.07, 6.45) is -0.477. The molecule has 0 unspecified atom stereocenters. The van der Waals surface area contributed by atoms with E-state index >= 15 is 0 Å².